The number of nitrogens with one attached hydrogen (secondary N) is 2. The number of carbonyl (C=O) groups is 3. The third kappa shape index (κ3) is 4.67. The number of nitrogens with zero attached hydrogens (tertiary/aromatic N) is 2. The van der Waals surface area contributed by atoms with Crippen molar-refractivity contribution in [2.45, 2.75) is 27.3 Å². The van der Waals surface area contributed by atoms with E-state index in [4.69, 9.17) is 0 Å². The molecule has 166 valence electrons. The minimum atomic E-state index is -0.398. The molecular formula is C26H24N4O3. The highest BCUT2D eigenvalue weighted by molar-refractivity contribution is 6.36. The zero-order valence-electron chi connectivity index (χ0n) is 18.7. The summed E-state index contributed by atoms with van der Waals surface area (Å²) >= 11 is 0. The smallest absolute Gasteiger partial charge is 0.278 e. The van der Waals surface area contributed by atoms with Gasteiger partial charge in [0.1, 0.15) is 5.70 Å². The van der Waals surface area contributed by atoms with Gasteiger partial charge in [-0.3, -0.25) is 24.3 Å². The first-order valence-corrected chi connectivity index (χ1v) is 10.5. The summed E-state index contributed by atoms with van der Waals surface area (Å²) in [6.07, 6.45) is 3.29. The molecule has 0 saturated carbocycles. The molecule has 0 bridgehead atoms. The van der Waals surface area contributed by atoms with Crippen molar-refractivity contribution >= 4 is 34.7 Å². The predicted molar refractivity (Wildman–Crippen MR) is 127 cm³/mol. The van der Waals surface area contributed by atoms with Crippen LogP contribution in [0.2, 0.25) is 0 Å². The Balaban J connectivity index is 1.72. The largest absolute Gasteiger partial charge is 0.350 e. The Morgan fingerprint density at radius 1 is 0.970 bits per heavy atom. The lowest BCUT2D eigenvalue weighted by Gasteiger charge is -2.15. The number of imide groups is 1. The van der Waals surface area contributed by atoms with Gasteiger partial charge in [0.05, 0.1) is 12.1 Å². The van der Waals surface area contributed by atoms with E-state index >= 15 is 0 Å². The molecule has 0 fully saturated rings. The Bertz CT molecular complexity index is 1260. The van der Waals surface area contributed by atoms with Crippen LogP contribution >= 0.6 is 0 Å². The molecule has 1 aromatic heterocycles. The Morgan fingerprint density at radius 2 is 1.70 bits per heavy atom. The zero-order chi connectivity index (χ0) is 23.5. The van der Waals surface area contributed by atoms with Crippen LogP contribution in [-0.4, -0.2) is 27.6 Å². The number of carbonyl (C=O) groups excluding carboxylic acids is 3. The summed E-state index contributed by atoms with van der Waals surface area (Å²) in [4.78, 5) is 43.5. The molecule has 0 atom stereocenters. The van der Waals surface area contributed by atoms with Crippen LogP contribution in [0, 0.1) is 13.8 Å². The van der Waals surface area contributed by atoms with E-state index < -0.39 is 5.91 Å². The summed E-state index contributed by atoms with van der Waals surface area (Å²) in [7, 11) is 0. The van der Waals surface area contributed by atoms with Crippen LogP contribution < -0.4 is 10.6 Å². The van der Waals surface area contributed by atoms with Crippen LogP contribution in [0.25, 0.3) is 5.57 Å². The minimum Gasteiger partial charge on any atom is -0.350 e. The minimum absolute atomic E-state index is 0.132. The highest BCUT2D eigenvalue weighted by Crippen LogP contribution is 2.33. The number of hydrogen-bond donors (Lipinski definition) is 2. The van der Waals surface area contributed by atoms with Crippen molar-refractivity contribution in [3.05, 3.63) is 94.9 Å². The fraction of sp³-hybridized carbons (Fsp3) is 0.154. The van der Waals surface area contributed by atoms with E-state index in [9.17, 15) is 14.4 Å². The molecule has 3 aromatic rings. The maximum atomic E-state index is 13.5. The van der Waals surface area contributed by atoms with Gasteiger partial charge in [-0.05, 0) is 60.9 Å². The first-order valence-electron chi connectivity index (χ1n) is 10.5. The molecule has 0 saturated heterocycles. The van der Waals surface area contributed by atoms with Crippen molar-refractivity contribution < 1.29 is 14.4 Å². The Kier molecular flexibility index (Phi) is 6.04. The number of aromatic nitrogens is 1. The second kappa shape index (κ2) is 9.08. The molecule has 7 nitrogen and oxygen atoms in total. The summed E-state index contributed by atoms with van der Waals surface area (Å²) in [6, 6.07) is 16.4. The highest BCUT2D eigenvalue weighted by Gasteiger charge is 2.39. The standard InChI is InChI=1S/C26H24N4O3/c1-16-6-11-22(17(2)13-16)23-24(29-21-9-7-20(8-10-21)28-18(3)31)26(33)30(25(23)32)15-19-5-4-12-27-14-19/h4-14,29H,15H2,1-3H3,(H,28,31). The van der Waals surface area contributed by atoms with E-state index in [0.29, 0.717) is 22.5 Å². The normalized spacial score (nSPS) is 13.5. The van der Waals surface area contributed by atoms with Crippen LogP contribution in [0.4, 0.5) is 11.4 Å². The fourth-order valence-electron chi connectivity index (χ4n) is 3.84. The van der Waals surface area contributed by atoms with Gasteiger partial charge in [-0.2, -0.15) is 0 Å². The van der Waals surface area contributed by atoms with Gasteiger partial charge >= 0.3 is 0 Å². The molecule has 0 aliphatic carbocycles. The van der Waals surface area contributed by atoms with Gasteiger partial charge in [-0.25, -0.2) is 0 Å². The van der Waals surface area contributed by atoms with Crippen molar-refractivity contribution in [3.8, 4) is 0 Å². The fourth-order valence-corrected chi connectivity index (χ4v) is 3.84. The van der Waals surface area contributed by atoms with Crippen LogP contribution in [0.15, 0.2) is 72.7 Å². The third-order valence-corrected chi connectivity index (χ3v) is 5.36. The number of anilines is 2. The monoisotopic (exact) mass is 440 g/mol. The first-order chi connectivity index (χ1) is 15.8. The third-order valence-electron chi connectivity index (χ3n) is 5.36. The quantitative estimate of drug-likeness (QED) is 0.565. The molecule has 0 spiro atoms. The summed E-state index contributed by atoms with van der Waals surface area (Å²) < 4.78 is 0. The van der Waals surface area contributed by atoms with Crippen molar-refractivity contribution in [2.24, 2.45) is 0 Å². The van der Waals surface area contributed by atoms with Crippen LogP contribution in [0.5, 0.6) is 0 Å². The lowest BCUT2D eigenvalue weighted by Crippen LogP contribution is -2.32. The van der Waals surface area contributed by atoms with Crippen LogP contribution in [0.3, 0.4) is 0 Å². The summed E-state index contributed by atoms with van der Waals surface area (Å²) in [6.45, 7) is 5.48. The molecule has 1 aliphatic heterocycles. The van der Waals surface area contributed by atoms with Gasteiger partial charge in [0.25, 0.3) is 11.8 Å². The Hall–Kier alpha value is -4.26. The van der Waals surface area contributed by atoms with Crippen molar-refractivity contribution in [2.75, 3.05) is 10.6 Å². The molecule has 2 N–H and O–H groups in total. The number of rotatable bonds is 6. The molecule has 0 unspecified atom stereocenters. The molecule has 33 heavy (non-hydrogen) atoms. The van der Waals surface area contributed by atoms with E-state index in [1.807, 2.05) is 38.1 Å². The number of aryl methyl sites for hydroxylation is 2. The maximum absolute atomic E-state index is 13.5. The van der Waals surface area contributed by atoms with Gasteiger partial charge in [-0.1, -0.05) is 29.8 Å². The first kappa shape index (κ1) is 22.0. The van der Waals surface area contributed by atoms with Crippen molar-refractivity contribution in [1.82, 2.24) is 9.88 Å². The Labute approximate surface area is 192 Å². The lowest BCUT2D eigenvalue weighted by atomic mass is 9.97. The number of hydrogen-bond acceptors (Lipinski definition) is 5. The van der Waals surface area contributed by atoms with Gasteiger partial charge < -0.3 is 10.6 Å². The average molecular weight is 441 g/mol. The summed E-state index contributed by atoms with van der Waals surface area (Å²) in [5.41, 5.74) is 5.30. The van der Waals surface area contributed by atoms with Crippen LogP contribution in [-0.2, 0) is 20.9 Å². The molecule has 2 aromatic carbocycles. The SMILES string of the molecule is CC(=O)Nc1ccc(NC2=C(c3ccc(C)cc3C)C(=O)N(Cc3cccnc3)C2=O)cc1. The predicted octanol–water partition coefficient (Wildman–Crippen LogP) is 4.05. The molecule has 1 aliphatic rings. The maximum Gasteiger partial charge on any atom is 0.278 e. The highest BCUT2D eigenvalue weighted by atomic mass is 16.2. The lowest BCUT2D eigenvalue weighted by molar-refractivity contribution is -0.137. The number of benzene rings is 2. The average Bonchev–Trinajstić information content (AvgIpc) is 3.00. The van der Waals surface area contributed by atoms with Gasteiger partial charge in [0, 0.05) is 30.7 Å². The summed E-state index contributed by atoms with van der Waals surface area (Å²) in [5.74, 6) is -0.920. The molecule has 7 heteroatoms. The molecular weight excluding hydrogens is 416 g/mol. The second-order valence-electron chi connectivity index (χ2n) is 8.01. The van der Waals surface area contributed by atoms with E-state index in [1.54, 1.807) is 42.7 Å². The summed E-state index contributed by atoms with van der Waals surface area (Å²) in [5, 5.41) is 5.86. The molecule has 4 rings (SSSR count). The molecule has 0 radical (unpaired) electrons. The van der Waals surface area contributed by atoms with Gasteiger partial charge in [0.15, 0.2) is 0 Å². The topological polar surface area (TPSA) is 91.4 Å². The Morgan fingerprint density at radius 3 is 2.33 bits per heavy atom. The zero-order valence-corrected chi connectivity index (χ0v) is 18.7. The molecule has 2 heterocycles. The van der Waals surface area contributed by atoms with E-state index in [-0.39, 0.29) is 24.1 Å². The number of pyridine rings is 1. The number of amides is 3. The van der Waals surface area contributed by atoms with Crippen LogP contribution in [0.1, 0.15) is 29.2 Å². The van der Waals surface area contributed by atoms with Crippen molar-refractivity contribution in [3.63, 3.8) is 0 Å². The van der Waals surface area contributed by atoms with E-state index in [0.717, 1.165) is 16.7 Å². The van der Waals surface area contributed by atoms with Crippen molar-refractivity contribution in [1.29, 1.82) is 0 Å². The van der Waals surface area contributed by atoms with E-state index in [1.165, 1.54) is 11.8 Å². The molecule has 3 amide bonds. The second-order valence-corrected chi connectivity index (χ2v) is 8.01. The van der Waals surface area contributed by atoms with Gasteiger partial charge in [-0.15, -0.1) is 0 Å². The van der Waals surface area contributed by atoms with E-state index in [2.05, 4.69) is 15.6 Å². The van der Waals surface area contributed by atoms with Gasteiger partial charge in [0.2, 0.25) is 5.91 Å².